The Kier molecular flexibility index (Phi) is 4.48. The molecule has 0 saturated carbocycles. The largest absolute Gasteiger partial charge is 0.369 e. The number of nitriles is 1. The van der Waals surface area contributed by atoms with Gasteiger partial charge in [0, 0.05) is 19.0 Å². The molecular weight excluding hydrogens is 242 g/mol. The Bertz CT molecular complexity index is 419. The number of carbonyl (C=O) groups excluding carboxylic acids is 1. The van der Waals surface area contributed by atoms with Gasteiger partial charge in [-0.25, -0.2) is 12.7 Å². The first-order chi connectivity index (χ1) is 7.93. The zero-order chi connectivity index (χ0) is 13.1. The summed E-state index contributed by atoms with van der Waals surface area (Å²) in [6.07, 6.45) is 1.15. The average Bonchev–Trinajstić information content (AvgIpc) is 2.30. The van der Waals surface area contributed by atoms with Crippen molar-refractivity contribution < 1.29 is 13.2 Å². The van der Waals surface area contributed by atoms with E-state index in [0.717, 1.165) is 0 Å². The van der Waals surface area contributed by atoms with Gasteiger partial charge in [0.1, 0.15) is 0 Å². The predicted octanol–water partition coefficient (Wildman–Crippen LogP) is -0.184. The summed E-state index contributed by atoms with van der Waals surface area (Å²) in [6.45, 7) is 2.21. The first kappa shape index (κ1) is 13.9. The number of hydrogen-bond donors (Lipinski definition) is 1. The molecule has 1 heterocycles. The van der Waals surface area contributed by atoms with Crippen molar-refractivity contribution in [2.45, 2.75) is 31.4 Å². The maximum atomic E-state index is 12.0. The van der Waals surface area contributed by atoms with Crippen LogP contribution in [0.4, 0.5) is 0 Å². The second-order valence-electron chi connectivity index (χ2n) is 4.15. The van der Waals surface area contributed by atoms with Crippen molar-refractivity contribution in [2.24, 2.45) is 11.7 Å². The lowest BCUT2D eigenvalue weighted by Gasteiger charge is -2.30. The summed E-state index contributed by atoms with van der Waals surface area (Å²) in [7, 11) is -3.55. The van der Waals surface area contributed by atoms with Crippen LogP contribution in [-0.2, 0) is 14.8 Å². The molecule has 1 saturated heterocycles. The number of piperidine rings is 1. The monoisotopic (exact) mass is 259 g/mol. The van der Waals surface area contributed by atoms with Gasteiger partial charge in [0.25, 0.3) is 0 Å². The van der Waals surface area contributed by atoms with Crippen LogP contribution >= 0.6 is 0 Å². The lowest BCUT2D eigenvalue weighted by molar-refractivity contribution is -0.122. The van der Waals surface area contributed by atoms with Gasteiger partial charge in [-0.1, -0.05) is 6.92 Å². The number of amides is 1. The molecule has 0 bridgehead atoms. The molecule has 1 aliphatic rings. The van der Waals surface area contributed by atoms with Crippen LogP contribution in [0.3, 0.4) is 0 Å². The second kappa shape index (κ2) is 5.47. The van der Waals surface area contributed by atoms with Crippen LogP contribution in [-0.4, -0.2) is 37.0 Å². The molecule has 6 nitrogen and oxygen atoms in total. The molecule has 7 heteroatoms. The Labute approximate surface area is 101 Å². The summed E-state index contributed by atoms with van der Waals surface area (Å²) < 4.78 is 25.3. The molecule has 1 aliphatic heterocycles. The van der Waals surface area contributed by atoms with Crippen molar-refractivity contribution in [1.29, 1.82) is 5.26 Å². The van der Waals surface area contributed by atoms with E-state index < -0.39 is 15.3 Å². The fourth-order valence-corrected chi connectivity index (χ4v) is 3.58. The lowest BCUT2D eigenvalue weighted by Crippen LogP contribution is -2.45. The average molecular weight is 259 g/mol. The summed E-state index contributed by atoms with van der Waals surface area (Å²) >= 11 is 0. The van der Waals surface area contributed by atoms with Gasteiger partial charge in [0.15, 0.2) is 5.25 Å². The topological polar surface area (TPSA) is 104 Å². The Morgan fingerprint density at radius 3 is 2.41 bits per heavy atom. The molecule has 96 valence electrons. The van der Waals surface area contributed by atoms with E-state index in [1.807, 2.05) is 0 Å². The van der Waals surface area contributed by atoms with Gasteiger partial charge in [-0.15, -0.1) is 0 Å². The van der Waals surface area contributed by atoms with E-state index in [0.29, 0.717) is 12.8 Å². The van der Waals surface area contributed by atoms with E-state index in [1.54, 1.807) is 13.0 Å². The molecule has 1 fully saturated rings. The fourth-order valence-electron chi connectivity index (χ4n) is 1.94. The molecule has 1 rings (SSSR count). The highest BCUT2D eigenvalue weighted by atomic mass is 32.2. The van der Waals surface area contributed by atoms with Crippen molar-refractivity contribution in [3.05, 3.63) is 0 Å². The SMILES string of the molecule is CCC(C#N)S(=O)(=O)N1CCC(C(N)=O)CC1. The molecule has 0 radical (unpaired) electrons. The highest BCUT2D eigenvalue weighted by Gasteiger charge is 2.34. The van der Waals surface area contributed by atoms with E-state index in [4.69, 9.17) is 11.0 Å². The molecule has 0 aliphatic carbocycles. The standard InChI is InChI=1S/C10H17N3O3S/c1-2-9(7-11)17(15,16)13-5-3-8(4-6-13)10(12)14/h8-9H,2-6H2,1H3,(H2,12,14). The quantitative estimate of drug-likeness (QED) is 0.755. The van der Waals surface area contributed by atoms with Crippen molar-refractivity contribution in [3.8, 4) is 6.07 Å². The summed E-state index contributed by atoms with van der Waals surface area (Å²) in [4.78, 5) is 11.0. The lowest BCUT2D eigenvalue weighted by atomic mass is 9.98. The number of carbonyl (C=O) groups is 1. The zero-order valence-corrected chi connectivity index (χ0v) is 10.6. The Morgan fingerprint density at radius 1 is 1.53 bits per heavy atom. The van der Waals surface area contributed by atoms with E-state index in [1.165, 1.54) is 4.31 Å². The van der Waals surface area contributed by atoms with Gasteiger partial charge < -0.3 is 5.73 Å². The molecule has 0 aromatic carbocycles. The normalized spacial score (nSPS) is 20.7. The van der Waals surface area contributed by atoms with Gasteiger partial charge in [-0.05, 0) is 19.3 Å². The van der Waals surface area contributed by atoms with E-state index in [2.05, 4.69) is 0 Å². The molecule has 1 unspecified atom stereocenters. The number of sulfonamides is 1. The van der Waals surface area contributed by atoms with Gasteiger partial charge in [0.2, 0.25) is 15.9 Å². The molecule has 0 aromatic heterocycles. The zero-order valence-electron chi connectivity index (χ0n) is 9.80. The smallest absolute Gasteiger partial charge is 0.230 e. The Hall–Kier alpha value is -1.13. The third-order valence-corrected chi connectivity index (χ3v) is 5.33. The maximum Gasteiger partial charge on any atom is 0.230 e. The van der Waals surface area contributed by atoms with Crippen molar-refractivity contribution >= 4 is 15.9 Å². The van der Waals surface area contributed by atoms with Crippen LogP contribution in [0.5, 0.6) is 0 Å². The first-order valence-corrected chi connectivity index (χ1v) is 7.11. The number of primary amides is 1. The minimum absolute atomic E-state index is 0.247. The molecule has 0 spiro atoms. The Morgan fingerprint density at radius 2 is 2.06 bits per heavy atom. The third-order valence-electron chi connectivity index (χ3n) is 3.09. The summed E-state index contributed by atoms with van der Waals surface area (Å²) in [5, 5.41) is 7.81. The van der Waals surface area contributed by atoms with E-state index >= 15 is 0 Å². The highest BCUT2D eigenvalue weighted by molar-refractivity contribution is 7.90. The third kappa shape index (κ3) is 2.96. The Balaban J connectivity index is 2.72. The maximum absolute atomic E-state index is 12.0. The fraction of sp³-hybridized carbons (Fsp3) is 0.800. The number of nitrogens with zero attached hydrogens (tertiary/aromatic N) is 2. The van der Waals surface area contributed by atoms with Crippen LogP contribution in [0.15, 0.2) is 0 Å². The summed E-state index contributed by atoms with van der Waals surface area (Å²) in [6, 6.07) is 1.80. The highest BCUT2D eigenvalue weighted by Crippen LogP contribution is 2.22. The van der Waals surface area contributed by atoms with E-state index in [-0.39, 0.29) is 31.3 Å². The van der Waals surface area contributed by atoms with Gasteiger partial charge >= 0.3 is 0 Å². The van der Waals surface area contributed by atoms with Crippen LogP contribution in [0.1, 0.15) is 26.2 Å². The number of nitrogens with two attached hydrogens (primary N) is 1. The summed E-state index contributed by atoms with van der Waals surface area (Å²) in [5.74, 6) is -0.627. The predicted molar refractivity (Wildman–Crippen MR) is 62.1 cm³/mol. The molecule has 17 heavy (non-hydrogen) atoms. The summed E-state index contributed by atoms with van der Waals surface area (Å²) in [5.41, 5.74) is 5.17. The minimum Gasteiger partial charge on any atom is -0.369 e. The van der Waals surface area contributed by atoms with Crippen molar-refractivity contribution in [3.63, 3.8) is 0 Å². The number of rotatable bonds is 4. The van der Waals surface area contributed by atoms with Crippen LogP contribution in [0.25, 0.3) is 0 Å². The van der Waals surface area contributed by atoms with Crippen LogP contribution < -0.4 is 5.73 Å². The second-order valence-corrected chi connectivity index (χ2v) is 6.26. The first-order valence-electron chi connectivity index (χ1n) is 5.61. The molecule has 1 atom stereocenters. The molecular formula is C10H17N3O3S. The van der Waals surface area contributed by atoms with Crippen molar-refractivity contribution in [1.82, 2.24) is 4.31 Å². The van der Waals surface area contributed by atoms with Gasteiger partial charge in [-0.2, -0.15) is 5.26 Å². The molecule has 1 amide bonds. The molecule has 0 aromatic rings. The van der Waals surface area contributed by atoms with Crippen LogP contribution in [0.2, 0.25) is 0 Å². The number of hydrogen-bond acceptors (Lipinski definition) is 4. The van der Waals surface area contributed by atoms with Crippen molar-refractivity contribution in [2.75, 3.05) is 13.1 Å². The van der Waals surface area contributed by atoms with Gasteiger partial charge in [-0.3, -0.25) is 4.79 Å². The van der Waals surface area contributed by atoms with Crippen LogP contribution in [0, 0.1) is 17.2 Å². The van der Waals surface area contributed by atoms with Gasteiger partial charge in [0.05, 0.1) is 6.07 Å². The molecule has 2 N–H and O–H groups in total. The minimum atomic E-state index is -3.55. The van der Waals surface area contributed by atoms with E-state index in [9.17, 15) is 13.2 Å².